The monoisotopic (exact) mass is 471 g/mol. The average molecular weight is 471 g/mol. The first-order chi connectivity index (χ1) is 12.2. The molecule has 0 spiro atoms. The zero-order chi connectivity index (χ0) is 17.5. The molecular formula is C19H30IN5O. The second-order valence-corrected chi connectivity index (χ2v) is 6.84. The summed E-state index contributed by atoms with van der Waals surface area (Å²) in [7, 11) is 1.82. The summed E-state index contributed by atoms with van der Waals surface area (Å²) in [6.07, 6.45) is 6.45. The minimum Gasteiger partial charge on any atom is -0.360 e. The molecule has 2 aliphatic rings. The SMILES string of the molecule is CN=C(NCc1ccc(N2CCNC(=O)C2)cc1)NC1CCCCC1.I. The first-order valence-electron chi connectivity index (χ1n) is 9.32. The number of carbonyl (C=O) groups is 1. The molecule has 0 unspecified atom stereocenters. The Morgan fingerprint density at radius 2 is 1.96 bits per heavy atom. The highest BCUT2D eigenvalue weighted by Gasteiger charge is 2.16. The minimum absolute atomic E-state index is 0. The van der Waals surface area contributed by atoms with Gasteiger partial charge in [0.25, 0.3) is 0 Å². The second-order valence-electron chi connectivity index (χ2n) is 6.84. The zero-order valence-electron chi connectivity index (χ0n) is 15.5. The van der Waals surface area contributed by atoms with E-state index in [2.05, 4.69) is 50.1 Å². The Labute approximate surface area is 173 Å². The van der Waals surface area contributed by atoms with E-state index in [0.29, 0.717) is 19.1 Å². The van der Waals surface area contributed by atoms with E-state index in [1.807, 2.05) is 7.05 Å². The number of carbonyl (C=O) groups excluding carboxylic acids is 1. The summed E-state index contributed by atoms with van der Waals surface area (Å²) in [5.41, 5.74) is 2.31. The van der Waals surface area contributed by atoms with Crippen LogP contribution in [-0.2, 0) is 11.3 Å². The van der Waals surface area contributed by atoms with Gasteiger partial charge in [-0.2, -0.15) is 0 Å². The molecular weight excluding hydrogens is 441 g/mol. The minimum atomic E-state index is 0. The Morgan fingerprint density at radius 1 is 1.23 bits per heavy atom. The summed E-state index contributed by atoms with van der Waals surface area (Å²) >= 11 is 0. The first-order valence-corrected chi connectivity index (χ1v) is 9.32. The molecule has 3 N–H and O–H groups in total. The number of benzene rings is 1. The number of hydrogen-bond acceptors (Lipinski definition) is 3. The van der Waals surface area contributed by atoms with Crippen LogP contribution in [0.25, 0.3) is 0 Å². The van der Waals surface area contributed by atoms with Gasteiger partial charge in [0, 0.05) is 38.4 Å². The molecule has 26 heavy (non-hydrogen) atoms. The number of amides is 1. The van der Waals surface area contributed by atoms with Gasteiger partial charge >= 0.3 is 0 Å². The summed E-state index contributed by atoms with van der Waals surface area (Å²) in [6, 6.07) is 8.96. The summed E-state index contributed by atoms with van der Waals surface area (Å²) < 4.78 is 0. The van der Waals surface area contributed by atoms with Gasteiger partial charge in [-0.1, -0.05) is 31.4 Å². The van der Waals surface area contributed by atoms with Crippen LogP contribution < -0.4 is 20.9 Å². The Bertz CT molecular complexity index is 598. The fourth-order valence-electron chi connectivity index (χ4n) is 3.50. The fraction of sp³-hybridized carbons (Fsp3) is 0.579. The molecule has 1 aromatic rings. The number of rotatable bonds is 4. The van der Waals surface area contributed by atoms with Crippen LogP contribution in [0.5, 0.6) is 0 Å². The average Bonchev–Trinajstić information content (AvgIpc) is 2.66. The molecule has 0 aromatic heterocycles. The molecule has 0 radical (unpaired) electrons. The summed E-state index contributed by atoms with van der Waals surface area (Å²) in [4.78, 5) is 18.0. The molecule has 1 aliphatic heterocycles. The standard InChI is InChI=1S/C19H29N5O.HI/c1-20-19(23-16-5-3-2-4-6-16)22-13-15-7-9-17(10-8-15)24-12-11-21-18(25)14-24;/h7-10,16H,2-6,11-14H2,1H3,(H,21,25)(H2,20,22,23);1H. The van der Waals surface area contributed by atoms with E-state index in [1.165, 1.54) is 37.7 Å². The highest BCUT2D eigenvalue weighted by molar-refractivity contribution is 14.0. The van der Waals surface area contributed by atoms with Crippen molar-refractivity contribution >= 4 is 41.5 Å². The predicted molar refractivity (Wildman–Crippen MR) is 117 cm³/mol. The molecule has 2 fully saturated rings. The number of guanidine groups is 1. The number of halogens is 1. The van der Waals surface area contributed by atoms with Crippen molar-refractivity contribution in [2.45, 2.75) is 44.7 Å². The second kappa shape index (κ2) is 10.6. The van der Waals surface area contributed by atoms with E-state index in [-0.39, 0.29) is 29.9 Å². The normalized spacial score (nSPS) is 18.7. The fourth-order valence-corrected chi connectivity index (χ4v) is 3.50. The van der Waals surface area contributed by atoms with Gasteiger partial charge in [0.1, 0.15) is 0 Å². The lowest BCUT2D eigenvalue weighted by atomic mass is 9.96. The Kier molecular flexibility index (Phi) is 8.47. The summed E-state index contributed by atoms with van der Waals surface area (Å²) in [6.45, 7) is 2.76. The van der Waals surface area contributed by atoms with Gasteiger partial charge in [0.15, 0.2) is 5.96 Å². The predicted octanol–water partition coefficient (Wildman–Crippen LogP) is 2.24. The van der Waals surface area contributed by atoms with Crippen LogP contribution in [0.4, 0.5) is 5.69 Å². The van der Waals surface area contributed by atoms with Crippen molar-refractivity contribution in [1.82, 2.24) is 16.0 Å². The summed E-state index contributed by atoms with van der Waals surface area (Å²) in [5, 5.41) is 9.79. The number of nitrogens with one attached hydrogen (secondary N) is 3. The molecule has 6 nitrogen and oxygen atoms in total. The molecule has 7 heteroatoms. The number of piperazine rings is 1. The molecule has 3 rings (SSSR count). The van der Waals surface area contributed by atoms with Gasteiger partial charge in [-0.25, -0.2) is 0 Å². The van der Waals surface area contributed by atoms with E-state index in [1.54, 1.807) is 0 Å². The van der Waals surface area contributed by atoms with Gasteiger partial charge in [0.05, 0.1) is 6.54 Å². The maximum Gasteiger partial charge on any atom is 0.239 e. The van der Waals surface area contributed by atoms with Crippen molar-refractivity contribution in [2.24, 2.45) is 4.99 Å². The molecule has 144 valence electrons. The Morgan fingerprint density at radius 3 is 2.62 bits per heavy atom. The van der Waals surface area contributed by atoms with Crippen molar-refractivity contribution in [2.75, 3.05) is 31.6 Å². The molecule has 1 heterocycles. The van der Waals surface area contributed by atoms with E-state index in [0.717, 1.165) is 24.7 Å². The Hall–Kier alpha value is -1.51. The molecule has 1 saturated carbocycles. The highest BCUT2D eigenvalue weighted by atomic mass is 127. The van der Waals surface area contributed by atoms with E-state index < -0.39 is 0 Å². The molecule has 1 amide bonds. The van der Waals surface area contributed by atoms with Crippen molar-refractivity contribution < 1.29 is 4.79 Å². The van der Waals surface area contributed by atoms with Crippen molar-refractivity contribution in [3.63, 3.8) is 0 Å². The number of nitrogens with zero attached hydrogens (tertiary/aromatic N) is 2. The molecule has 0 bridgehead atoms. The third-order valence-corrected chi connectivity index (χ3v) is 4.97. The van der Waals surface area contributed by atoms with E-state index >= 15 is 0 Å². The lowest BCUT2D eigenvalue weighted by molar-refractivity contribution is -0.120. The van der Waals surface area contributed by atoms with Crippen LogP contribution in [0.2, 0.25) is 0 Å². The zero-order valence-corrected chi connectivity index (χ0v) is 17.8. The lowest BCUT2D eigenvalue weighted by Crippen LogP contribution is -2.47. The molecule has 1 saturated heterocycles. The third kappa shape index (κ3) is 6.03. The van der Waals surface area contributed by atoms with Crippen LogP contribution >= 0.6 is 24.0 Å². The number of aliphatic imine (C=N–C) groups is 1. The lowest BCUT2D eigenvalue weighted by Gasteiger charge is -2.28. The molecule has 1 aromatic carbocycles. The van der Waals surface area contributed by atoms with Gasteiger partial charge < -0.3 is 20.9 Å². The van der Waals surface area contributed by atoms with Crippen LogP contribution in [0.1, 0.15) is 37.7 Å². The van der Waals surface area contributed by atoms with Gasteiger partial charge in [-0.15, -0.1) is 24.0 Å². The quantitative estimate of drug-likeness (QED) is 0.358. The molecule has 0 atom stereocenters. The van der Waals surface area contributed by atoms with E-state index in [4.69, 9.17) is 0 Å². The van der Waals surface area contributed by atoms with Crippen LogP contribution in [0.15, 0.2) is 29.3 Å². The number of anilines is 1. The van der Waals surface area contributed by atoms with Gasteiger partial charge in [0.2, 0.25) is 5.91 Å². The smallest absolute Gasteiger partial charge is 0.239 e. The summed E-state index contributed by atoms with van der Waals surface area (Å²) in [5.74, 6) is 0.971. The van der Waals surface area contributed by atoms with Crippen molar-refractivity contribution in [3.05, 3.63) is 29.8 Å². The maximum atomic E-state index is 11.5. The molecule has 1 aliphatic carbocycles. The topological polar surface area (TPSA) is 68.8 Å². The van der Waals surface area contributed by atoms with E-state index in [9.17, 15) is 4.79 Å². The number of hydrogen-bond donors (Lipinski definition) is 3. The van der Waals surface area contributed by atoms with Crippen molar-refractivity contribution in [3.8, 4) is 0 Å². The maximum absolute atomic E-state index is 11.5. The highest BCUT2D eigenvalue weighted by Crippen LogP contribution is 2.18. The van der Waals surface area contributed by atoms with Crippen LogP contribution in [-0.4, -0.2) is 44.6 Å². The van der Waals surface area contributed by atoms with Gasteiger partial charge in [-0.05, 0) is 30.5 Å². The largest absolute Gasteiger partial charge is 0.360 e. The first kappa shape index (κ1) is 20.8. The van der Waals surface area contributed by atoms with Crippen LogP contribution in [0, 0.1) is 0 Å². The van der Waals surface area contributed by atoms with Crippen LogP contribution in [0.3, 0.4) is 0 Å². The van der Waals surface area contributed by atoms with Crippen molar-refractivity contribution in [1.29, 1.82) is 0 Å². The Balaban J connectivity index is 0.00000243. The third-order valence-electron chi connectivity index (χ3n) is 4.97. The van der Waals surface area contributed by atoms with Gasteiger partial charge in [-0.3, -0.25) is 9.79 Å².